The highest BCUT2D eigenvalue weighted by atomic mass is 32.2. The van der Waals surface area contributed by atoms with E-state index in [2.05, 4.69) is 9.97 Å². The highest BCUT2D eigenvalue weighted by Gasteiger charge is 2.35. The molecule has 1 aromatic heterocycles. The minimum Gasteiger partial charge on any atom is -0.496 e. The van der Waals surface area contributed by atoms with E-state index in [9.17, 15) is 18.0 Å². The summed E-state index contributed by atoms with van der Waals surface area (Å²) in [6.45, 7) is 0. The summed E-state index contributed by atoms with van der Waals surface area (Å²) >= 11 is 0.946. The topological polar surface area (TPSA) is 52.1 Å². The molecule has 0 aliphatic carbocycles. The normalized spacial score (nSPS) is 11.5. The van der Waals surface area contributed by atoms with E-state index < -0.39 is 12.0 Å². The Hall–Kier alpha value is -2.61. The summed E-state index contributed by atoms with van der Waals surface area (Å²) in [5, 5.41) is 0.587. The number of ether oxygens (including phenoxy) is 1. The number of aromatic nitrogens is 2. The predicted molar refractivity (Wildman–Crippen MR) is 92.6 cm³/mol. The summed E-state index contributed by atoms with van der Waals surface area (Å²) in [6, 6.07) is 13.1. The van der Waals surface area contributed by atoms with E-state index in [4.69, 9.17) is 4.74 Å². The van der Waals surface area contributed by atoms with Gasteiger partial charge in [0.15, 0.2) is 5.78 Å². The lowest BCUT2D eigenvalue weighted by atomic mass is 10.1. The molecule has 26 heavy (non-hydrogen) atoms. The molecule has 0 saturated carbocycles. The molecule has 0 spiro atoms. The molecular formula is C18H13F3N2O2S. The highest BCUT2D eigenvalue weighted by Crippen LogP contribution is 2.32. The molecule has 2 aromatic carbocycles. The van der Waals surface area contributed by atoms with Crippen molar-refractivity contribution in [3.05, 3.63) is 59.9 Å². The first kappa shape index (κ1) is 18.2. The van der Waals surface area contributed by atoms with Gasteiger partial charge in [-0.2, -0.15) is 13.2 Å². The van der Waals surface area contributed by atoms with Crippen LogP contribution in [0.5, 0.6) is 5.75 Å². The Balaban J connectivity index is 1.92. The van der Waals surface area contributed by atoms with E-state index in [1.165, 1.54) is 13.2 Å². The minimum atomic E-state index is -4.66. The molecule has 4 nitrogen and oxygen atoms in total. The third-order valence-corrected chi connectivity index (χ3v) is 4.56. The number of Topliss-reactive ketones (excluding diaryl/α,β-unsaturated/α-hetero) is 1. The van der Waals surface area contributed by atoms with E-state index in [-0.39, 0.29) is 22.1 Å². The second-order valence-corrected chi connectivity index (χ2v) is 6.24. The van der Waals surface area contributed by atoms with E-state index in [1.54, 1.807) is 42.5 Å². The van der Waals surface area contributed by atoms with Crippen molar-refractivity contribution in [1.82, 2.24) is 9.97 Å². The fourth-order valence-electron chi connectivity index (χ4n) is 2.37. The number of halogens is 3. The summed E-state index contributed by atoms with van der Waals surface area (Å²) in [4.78, 5) is 19.6. The SMILES string of the molecule is COc1ccccc1C(=O)CSc1nc(C(F)(F)F)nc2ccccc12. The van der Waals surface area contributed by atoms with Gasteiger partial charge in [0.2, 0.25) is 5.82 Å². The standard InChI is InChI=1S/C18H13F3N2O2S/c1-25-15-9-5-3-7-12(15)14(24)10-26-16-11-6-2-4-8-13(11)22-17(23-16)18(19,20)21/h2-9H,10H2,1H3. The lowest BCUT2D eigenvalue weighted by Gasteiger charge is -2.11. The van der Waals surface area contributed by atoms with Crippen LogP contribution in [-0.2, 0) is 6.18 Å². The Labute approximate surface area is 151 Å². The van der Waals surface area contributed by atoms with Crippen molar-refractivity contribution in [1.29, 1.82) is 0 Å². The third kappa shape index (κ3) is 3.80. The number of ketones is 1. The van der Waals surface area contributed by atoms with Crippen LogP contribution < -0.4 is 4.74 Å². The molecule has 0 atom stereocenters. The van der Waals surface area contributed by atoms with Gasteiger partial charge < -0.3 is 4.74 Å². The number of alkyl halides is 3. The molecule has 134 valence electrons. The van der Waals surface area contributed by atoms with Gasteiger partial charge >= 0.3 is 6.18 Å². The van der Waals surface area contributed by atoms with Gasteiger partial charge in [0.1, 0.15) is 10.8 Å². The van der Waals surface area contributed by atoms with E-state index in [0.29, 0.717) is 16.7 Å². The fourth-order valence-corrected chi connectivity index (χ4v) is 3.27. The van der Waals surface area contributed by atoms with E-state index in [1.807, 2.05) is 0 Å². The second-order valence-electron chi connectivity index (χ2n) is 5.28. The smallest absolute Gasteiger partial charge is 0.451 e. The number of nitrogens with zero attached hydrogens (tertiary/aromatic N) is 2. The number of hydrogen-bond donors (Lipinski definition) is 0. The zero-order valence-corrected chi connectivity index (χ0v) is 14.4. The first-order valence-electron chi connectivity index (χ1n) is 7.53. The molecule has 0 bridgehead atoms. The Morgan fingerprint density at radius 2 is 1.77 bits per heavy atom. The number of para-hydroxylation sites is 2. The minimum absolute atomic E-state index is 0.0708. The number of carbonyl (C=O) groups excluding carboxylic acids is 1. The van der Waals surface area contributed by atoms with Gasteiger partial charge in [-0.05, 0) is 18.2 Å². The van der Waals surface area contributed by atoms with Crippen LogP contribution in [0.15, 0.2) is 53.6 Å². The maximum atomic E-state index is 13.0. The molecule has 3 aromatic rings. The molecule has 3 rings (SSSR count). The average molecular weight is 378 g/mol. The molecule has 0 amide bonds. The monoisotopic (exact) mass is 378 g/mol. The van der Waals surface area contributed by atoms with Crippen molar-refractivity contribution in [3.8, 4) is 5.75 Å². The molecule has 0 aliphatic rings. The van der Waals surface area contributed by atoms with Gasteiger partial charge in [-0.1, -0.05) is 42.1 Å². The van der Waals surface area contributed by atoms with Gasteiger partial charge in [-0.25, -0.2) is 9.97 Å². The van der Waals surface area contributed by atoms with Gasteiger partial charge in [-0.15, -0.1) is 0 Å². The lowest BCUT2D eigenvalue weighted by molar-refractivity contribution is -0.145. The van der Waals surface area contributed by atoms with Gasteiger partial charge in [-0.3, -0.25) is 4.79 Å². The Bertz CT molecular complexity index is 961. The number of carbonyl (C=O) groups is 1. The van der Waals surface area contributed by atoms with Crippen LogP contribution in [0.2, 0.25) is 0 Å². The zero-order valence-electron chi connectivity index (χ0n) is 13.6. The largest absolute Gasteiger partial charge is 0.496 e. The maximum absolute atomic E-state index is 13.0. The predicted octanol–water partition coefficient (Wildman–Crippen LogP) is 4.63. The van der Waals surface area contributed by atoms with Crippen LogP contribution in [0.1, 0.15) is 16.2 Å². The maximum Gasteiger partial charge on any atom is 0.451 e. The van der Waals surface area contributed by atoms with Crippen molar-refractivity contribution in [2.24, 2.45) is 0 Å². The summed E-state index contributed by atoms with van der Waals surface area (Å²) < 4.78 is 44.3. The van der Waals surface area contributed by atoms with Crippen molar-refractivity contribution in [3.63, 3.8) is 0 Å². The van der Waals surface area contributed by atoms with Gasteiger partial charge in [0, 0.05) is 5.39 Å². The number of methoxy groups -OCH3 is 1. The molecule has 0 N–H and O–H groups in total. The van der Waals surface area contributed by atoms with Crippen molar-refractivity contribution < 1.29 is 22.7 Å². The van der Waals surface area contributed by atoms with Crippen LogP contribution in [0.25, 0.3) is 10.9 Å². The number of fused-ring (bicyclic) bond motifs is 1. The summed E-state index contributed by atoms with van der Waals surface area (Å²) in [7, 11) is 1.45. The average Bonchev–Trinajstić information content (AvgIpc) is 2.64. The van der Waals surface area contributed by atoms with Crippen molar-refractivity contribution in [2.75, 3.05) is 12.9 Å². The Morgan fingerprint density at radius 1 is 1.08 bits per heavy atom. The van der Waals surface area contributed by atoms with E-state index in [0.717, 1.165) is 11.8 Å². The van der Waals surface area contributed by atoms with Crippen LogP contribution in [0.3, 0.4) is 0 Å². The molecular weight excluding hydrogens is 365 g/mol. The van der Waals surface area contributed by atoms with Crippen LogP contribution in [0, 0.1) is 0 Å². The zero-order chi connectivity index (χ0) is 18.7. The Morgan fingerprint density at radius 3 is 2.50 bits per heavy atom. The molecule has 8 heteroatoms. The molecule has 0 unspecified atom stereocenters. The summed E-state index contributed by atoms with van der Waals surface area (Å²) in [5.41, 5.74) is 0.555. The Kier molecular flexibility index (Phi) is 5.13. The molecule has 0 fully saturated rings. The fraction of sp³-hybridized carbons (Fsp3) is 0.167. The molecule has 0 saturated heterocycles. The lowest BCUT2D eigenvalue weighted by Crippen LogP contribution is -2.12. The second kappa shape index (κ2) is 7.33. The van der Waals surface area contributed by atoms with Crippen LogP contribution in [0.4, 0.5) is 13.2 Å². The van der Waals surface area contributed by atoms with Crippen LogP contribution >= 0.6 is 11.8 Å². The van der Waals surface area contributed by atoms with Crippen LogP contribution in [-0.4, -0.2) is 28.6 Å². The first-order chi connectivity index (χ1) is 12.4. The van der Waals surface area contributed by atoms with E-state index >= 15 is 0 Å². The number of thioether (sulfide) groups is 1. The highest BCUT2D eigenvalue weighted by molar-refractivity contribution is 8.00. The molecule has 1 heterocycles. The summed E-state index contributed by atoms with van der Waals surface area (Å²) in [5.74, 6) is -1.13. The summed E-state index contributed by atoms with van der Waals surface area (Å²) in [6.07, 6.45) is -4.66. The molecule has 0 radical (unpaired) electrons. The van der Waals surface area contributed by atoms with Crippen molar-refractivity contribution in [2.45, 2.75) is 11.2 Å². The van der Waals surface area contributed by atoms with Crippen molar-refractivity contribution >= 4 is 28.4 Å². The number of benzene rings is 2. The van der Waals surface area contributed by atoms with Gasteiger partial charge in [0.05, 0.1) is 23.9 Å². The van der Waals surface area contributed by atoms with Gasteiger partial charge in [0.25, 0.3) is 0 Å². The first-order valence-corrected chi connectivity index (χ1v) is 8.51. The quantitative estimate of drug-likeness (QED) is 0.368. The third-order valence-electron chi connectivity index (χ3n) is 3.57. The number of rotatable bonds is 5. The number of hydrogen-bond acceptors (Lipinski definition) is 5. The molecule has 0 aliphatic heterocycles.